The lowest BCUT2D eigenvalue weighted by Gasteiger charge is -2.12. The van der Waals surface area contributed by atoms with Crippen molar-refractivity contribution in [2.45, 2.75) is 33.1 Å². The predicted molar refractivity (Wildman–Crippen MR) is 143 cm³/mol. The molecule has 1 saturated heterocycles. The van der Waals surface area contributed by atoms with E-state index in [0.717, 1.165) is 22.1 Å². The van der Waals surface area contributed by atoms with E-state index in [-0.39, 0.29) is 11.7 Å². The summed E-state index contributed by atoms with van der Waals surface area (Å²) in [6, 6.07) is 12.1. The summed E-state index contributed by atoms with van der Waals surface area (Å²) in [5.41, 5.74) is 5.64. The molecule has 31 heavy (non-hydrogen) atoms. The van der Waals surface area contributed by atoms with Gasteiger partial charge in [-0.3, -0.25) is 14.6 Å². The van der Waals surface area contributed by atoms with Gasteiger partial charge in [-0.25, -0.2) is 0 Å². The summed E-state index contributed by atoms with van der Waals surface area (Å²) in [6.07, 6.45) is 4.45. The second kappa shape index (κ2) is 10.8. The molecule has 0 radical (unpaired) electrons. The Kier molecular flexibility index (Phi) is 8.43. The number of hydrogen-bond donors (Lipinski definition) is 0. The van der Waals surface area contributed by atoms with Crippen molar-refractivity contribution in [1.29, 1.82) is 0 Å². The standard InChI is InChI=1S/C14H14INO2.C11H12IN/c1-3-16-8-7-11(14(16)18)13(17)10-5-4-6-12(15)9(10)2;1-8-9(4-2-5-10(8)12)11-6-3-7-13-11/h3-6,11H,1,7-8H2,2H3;2,4-5H,3,6-7H2,1H3. The molecule has 162 valence electrons. The average molecular weight is 640 g/mol. The smallest absolute Gasteiger partial charge is 0.237 e. The number of amides is 1. The Morgan fingerprint density at radius 2 is 1.81 bits per heavy atom. The second-order valence-electron chi connectivity index (χ2n) is 7.68. The summed E-state index contributed by atoms with van der Waals surface area (Å²) in [4.78, 5) is 30.4. The fraction of sp³-hybridized carbons (Fsp3) is 0.320. The first-order valence-corrected chi connectivity index (χ1v) is 12.5. The van der Waals surface area contributed by atoms with Crippen LogP contribution in [0.5, 0.6) is 0 Å². The molecular formula is C25H26I2N2O2. The SMILES string of the molecule is C=CN1CCC(C(=O)c2cccc(I)c2C)C1=O.Cc1c(I)cccc1C1=NCCC1. The predicted octanol–water partition coefficient (Wildman–Crippen LogP) is 5.96. The molecule has 0 saturated carbocycles. The van der Waals surface area contributed by atoms with Gasteiger partial charge >= 0.3 is 0 Å². The molecule has 1 atom stereocenters. The first-order chi connectivity index (χ1) is 14.8. The van der Waals surface area contributed by atoms with Crippen molar-refractivity contribution >= 4 is 62.6 Å². The number of nitrogens with zero attached hydrogens (tertiary/aromatic N) is 2. The highest BCUT2D eigenvalue weighted by Gasteiger charge is 2.36. The van der Waals surface area contributed by atoms with Crippen molar-refractivity contribution in [3.63, 3.8) is 0 Å². The van der Waals surface area contributed by atoms with Crippen molar-refractivity contribution in [3.05, 3.63) is 78.6 Å². The van der Waals surface area contributed by atoms with Crippen LogP contribution >= 0.6 is 45.2 Å². The summed E-state index contributed by atoms with van der Waals surface area (Å²) >= 11 is 4.58. The van der Waals surface area contributed by atoms with Crippen LogP contribution in [-0.4, -0.2) is 35.4 Å². The van der Waals surface area contributed by atoms with Crippen molar-refractivity contribution < 1.29 is 9.59 Å². The Morgan fingerprint density at radius 3 is 2.42 bits per heavy atom. The van der Waals surface area contributed by atoms with E-state index in [1.165, 1.54) is 37.9 Å². The third-order valence-electron chi connectivity index (χ3n) is 5.76. The minimum absolute atomic E-state index is 0.0691. The minimum atomic E-state index is -0.542. The molecule has 0 aromatic heterocycles. The van der Waals surface area contributed by atoms with Crippen LogP contribution in [0.3, 0.4) is 0 Å². The lowest BCUT2D eigenvalue weighted by atomic mass is 9.93. The zero-order chi connectivity index (χ0) is 22.5. The van der Waals surface area contributed by atoms with Crippen LogP contribution in [0.1, 0.15) is 46.3 Å². The first kappa shape index (κ1) is 24.1. The van der Waals surface area contributed by atoms with Gasteiger partial charge in [0, 0.05) is 31.5 Å². The average Bonchev–Trinajstić information content (AvgIpc) is 3.42. The topological polar surface area (TPSA) is 49.7 Å². The summed E-state index contributed by atoms with van der Waals surface area (Å²) in [7, 11) is 0. The molecule has 1 amide bonds. The normalized spacial score (nSPS) is 17.8. The largest absolute Gasteiger partial charge is 0.319 e. The van der Waals surface area contributed by atoms with Gasteiger partial charge in [-0.2, -0.15) is 0 Å². The number of Topliss-reactive ketones (excluding diaryl/α,β-unsaturated/α-hetero) is 1. The third-order valence-corrected chi connectivity index (χ3v) is 8.10. The van der Waals surface area contributed by atoms with Crippen LogP contribution in [0, 0.1) is 26.9 Å². The zero-order valence-corrected chi connectivity index (χ0v) is 22.1. The van der Waals surface area contributed by atoms with Gasteiger partial charge in [-0.05, 0) is 113 Å². The molecule has 0 spiro atoms. The molecule has 0 bridgehead atoms. The van der Waals surface area contributed by atoms with Gasteiger partial charge in [0.05, 0.1) is 0 Å². The monoisotopic (exact) mass is 640 g/mol. The van der Waals surface area contributed by atoms with Crippen LogP contribution < -0.4 is 0 Å². The summed E-state index contributed by atoms with van der Waals surface area (Å²) < 4.78 is 2.38. The van der Waals surface area contributed by atoms with Gasteiger partial charge in [0.25, 0.3) is 0 Å². The number of halogens is 2. The Balaban J connectivity index is 0.000000185. The summed E-state index contributed by atoms with van der Waals surface area (Å²) in [6.45, 7) is 9.28. The number of aliphatic imine (C=N–C) groups is 1. The van der Waals surface area contributed by atoms with Crippen LogP contribution in [0.15, 0.2) is 54.2 Å². The quantitative estimate of drug-likeness (QED) is 0.236. The Hall–Kier alpha value is -1.55. The molecule has 6 heteroatoms. The lowest BCUT2D eigenvalue weighted by Crippen LogP contribution is -2.27. The molecule has 2 heterocycles. The zero-order valence-electron chi connectivity index (χ0n) is 17.8. The van der Waals surface area contributed by atoms with E-state index in [0.29, 0.717) is 18.5 Å². The van der Waals surface area contributed by atoms with Crippen LogP contribution in [0.2, 0.25) is 0 Å². The van der Waals surface area contributed by atoms with Gasteiger partial charge in [-0.15, -0.1) is 0 Å². The Bertz CT molecular complexity index is 1050. The molecule has 2 aromatic rings. The van der Waals surface area contributed by atoms with Crippen LogP contribution in [0.25, 0.3) is 0 Å². The van der Waals surface area contributed by atoms with E-state index in [4.69, 9.17) is 0 Å². The number of benzene rings is 2. The molecule has 0 N–H and O–H groups in total. The number of hydrogen-bond acceptors (Lipinski definition) is 3. The van der Waals surface area contributed by atoms with Gasteiger partial charge in [0.15, 0.2) is 5.78 Å². The maximum Gasteiger partial charge on any atom is 0.237 e. The molecule has 2 aromatic carbocycles. The maximum atomic E-state index is 12.4. The summed E-state index contributed by atoms with van der Waals surface area (Å²) in [5, 5.41) is 0. The molecular weight excluding hydrogens is 614 g/mol. The molecule has 4 rings (SSSR count). The summed E-state index contributed by atoms with van der Waals surface area (Å²) in [5.74, 6) is -0.742. The molecule has 4 nitrogen and oxygen atoms in total. The third kappa shape index (κ3) is 5.45. The van der Waals surface area contributed by atoms with Crippen LogP contribution in [-0.2, 0) is 4.79 Å². The van der Waals surface area contributed by atoms with E-state index in [1.807, 2.05) is 19.1 Å². The van der Waals surface area contributed by atoms with E-state index < -0.39 is 5.92 Å². The Labute approximate surface area is 211 Å². The molecule has 0 aliphatic carbocycles. The highest BCUT2D eigenvalue weighted by molar-refractivity contribution is 14.1. The van der Waals surface area contributed by atoms with Crippen molar-refractivity contribution in [2.24, 2.45) is 10.9 Å². The van der Waals surface area contributed by atoms with Crippen molar-refractivity contribution in [1.82, 2.24) is 4.90 Å². The van der Waals surface area contributed by atoms with Crippen LogP contribution in [0.4, 0.5) is 0 Å². The van der Waals surface area contributed by atoms with E-state index >= 15 is 0 Å². The maximum absolute atomic E-state index is 12.4. The highest BCUT2D eigenvalue weighted by atomic mass is 127. The first-order valence-electron chi connectivity index (χ1n) is 10.4. The Morgan fingerprint density at radius 1 is 1.13 bits per heavy atom. The van der Waals surface area contributed by atoms with Crippen molar-refractivity contribution in [2.75, 3.05) is 13.1 Å². The molecule has 1 fully saturated rings. The minimum Gasteiger partial charge on any atom is -0.319 e. The molecule has 2 aliphatic heterocycles. The van der Waals surface area contributed by atoms with Crippen molar-refractivity contribution in [3.8, 4) is 0 Å². The number of carbonyl (C=O) groups is 2. The second-order valence-corrected chi connectivity index (χ2v) is 10.0. The fourth-order valence-corrected chi connectivity index (χ4v) is 4.86. The highest BCUT2D eigenvalue weighted by Crippen LogP contribution is 2.25. The number of carbonyl (C=O) groups excluding carboxylic acids is 2. The lowest BCUT2D eigenvalue weighted by molar-refractivity contribution is -0.127. The van der Waals surface area contributed by atoms with Gasteiger partial charge in [-0.1, -0.05) is 30.8 Å². The van der Waals surface area contributed by atoms with Gasteiger partial charge < -0.3 is 4.90 Å². The fourth-order valence-electron chi connectivity index (χ4n) is 3.87. The van der Waals surface area contributed by atoms with E-state index in [9.17, 15) is 9.59 Å². The molecule has 1 unspecified atom stereocenters. The molecule has 2 aliphatic rings. The van der Waals surface area contributed by atoms with E-state index in [2.05, 4.69) is 81.9 Å². The van der Waals surface area contributed by atoms with Gasteiger partial charge in [0.1, 0.15) is 5.92 Å². The van der Waals surface area contributed by atoms with E-state index in [1.54, 1.807) is 6.07 Å². The number of rotatable bonds is 4. The number of likely N-dealkylation sites (tertiary alicyclic amines) is 1. The number of ketones is 1. The van der Waals surface area contributed by atoms with Gasteiger partial charge in [0.2, 0.25) is 5.91 Å².